The van der Waals surface area contributed by atoms with Crippen LogP contribution in [0, 0.1) is 0 Å². The fourth-order valence-electron chi connectivity index (χ4n) is 2.71. The standard InChI is InChI=1S/C16H14N4O4S2/c17-26(22,23)10-3-1-9(2-4-10)12-5-6-13(24-12)15-11-7-18-20-16(11)19-14(21)8-25-15/h1-7,15H,8H2,(H2,17,22,23)(H2,18,19,20,21)/t15-/m1/s1. The summed E-state index contributed by atoms with van der Waals surface area (Å²) in [6.07, 6.45) is 1.67. The molecule has 1 aliphatic rings. The van der Waals surface area contributed by atoms with Gasteiger partial charge in [-0.3, -0.25) is 9.89 Å². The number of primary sulfonamides is 1. The highest BCUT2D eigenvalue weighted by Crippen LogP contribution is 2.42. The van der Waals surface area contributed by atoms with Crippen molar-refractivity contribution in [2.45, 2.75) is 10.1 Å². The van der Waals surface area contributed by atoms with E-state index in [4.69, 9.17) is 9.56 Å². The van der Waals surface area contributed by atoms with Crippen LogP contribution in [0.5, 0.6) is 0 Å². The zero-order valence-corrected chi connectivity index (χ0v) is 14.9. The van der Waals surface area contributed by atoms with Gasteiger partial charge in [-0.05, 0) is 36.4 Å². The highest BCUT2D eigenvalue weighted by Gasteiger charge is 2.28. The predicted octanol–water partition coefficient (Wildman–Crippen LogP) is 2.09. The van der Waals surface area contributed by atoms with Crippen molar-refractivity contribution in [3.05, 3.63) is 53.9 Å². The van der Waals surface area contributed by atoms with Gasteiger partial charge in [0.15, 0.2) is 0 Å². The number of nitrogens with one attached hydrogen (secondary N) is 2. The zero-order chi connectivity index (χ0) is 18.3. The lowest BCUT2D eigenvalue weighted by atomic mass is 10.1. The first kappa shape index (κ1) is 16.9. The molecule has 26 heavy (non-hydrogen) atoms. The summed E-state index contributed by atoms with van der Waals surface area (Å²) in [5, 5.41) is 14.5. The number of rotatable bonds is 3. The summed E-state index contributed by atoms with van der Waals surface area (Å²) in [5.41, 5.74) is 1.57. The average molecular weight is 390 g/mol. The first-order valence-electron chi connectivity index (χ1n) is 7.59. The van der Waals surface area contributed by atoms with Crippen LogP contribution in [0.15, 0.2) is 51.9 Å². The number of hydrogen-bond donors (Lipinski definition) is 3. The fourth-order valence-corrected chi connectivity index (χ4v) is 4.27. The van der Waals surface area contributed by atoms with E-state index in [2.05, 4.69) is 15.5 Å². The molecule has 0 radical (unpaired) electrons. The van der Waals surface area contributed by atoms with Crippen molar-refractivity contribution >= 4 is 33.5 Å². The molecule has 8 nitrogen and oxygen atoms in total. The van der Waals surface area contributed by atoms with Gasteiger partial charge in [-0.2, -0.15) is 5.10 Å². The van der Waals surface area contributed by atoms with E-state index in [0.29, 0.717) is 23.1 Å². The Labute approximate surface area is 153 Å². The number of nitrogens with two attached hydrogens (primary N) is 1. The number of fused-ring (bicyclic) bond motifs is 1. The van der Waals surface area contributed by atoms with Gasteiger partial charge in [0, 0.05) is 11.1 Å². The zero-order valence-electron chi connectivity index (χ0n) is 13.3. The van der Waals surface area contributed by atoms with E-state index in [9.17, 15) is 13.2 Å². The quantitative estimate of drug-likeness (QED) is 0.627. The molecule has 0 bridgehead atoms. The highest BCUT2D eigenvalue weighted by molar-refractivity contribution is 8.00. The van der Waals surface area contributed by atoms with E-state index in [0.717, 1.165) is 11.1 Å². The number of H-pyrrole nitrogens is 1. The van der Waals surface area contributed by atoms with Gasteiger partial charge in [-0.25, -0.2) is 13.6 Å². The minimum atomic E-state index is -3.73. The number of aromatic amines is 1. The molecule has 3 aromatic rings. The normalized spacial score (nSPS) is 17.4. The van der Waals surface area contributed by atoms with Gasteiger partial charge >= 0.3 is 0 Å². The maximum absolute atomic E-state index is 11.8. The largest absolute Gasteiger partial charge is 0.460 e. The van der Waals surface area contributed by atoms with E-state index in [1.54, 1.807) is 18.3 Å². The number of sulfonamides is 1. The summed E-state index contributed by atoms with van der Waals surface area (Å²) in [6, 6.07) is 9.79. The van der Waals surface area contributed by atoms with Crippen molar-refractivity contribution in [3.63, 3.8) is 0 Å². The van der Waals surface area contributed by atoms with E-state index >= 15 is 0 Å². The van der Waals surface area contributed by atoms with Crippen molar-refractivity contribution in [1.82, 2.24) is 10.2 Å². The molecule has 1 aliphatic heterocycles. The summed E-state index contributed by atoms with van der Waals surface area (Å²) >= 11 is 1.45. The van der Waals surface area contributed by atoms with Crippen LogP contribution >= 0.6 is 11.8 Å². The Balaban J connectivity index is 1.66. The summed E-state index contributed by atoms with van der Waals surface area (Å²) < 4.78 is 28.7. The highest BCUT2D eigenvalue weighted by atomic mass is 32.2. The average Bonchev–Trinajstić information content (AvgIpc) is 3.23. The monoisotopic (exact) mass is 390 g/mol. The minimum absolute atomic E-state index is 0.0416. The molecule has 1 amide bonds. The van der Waals surface area contributed by atoms with Gasteiger partial charge < -0.3 is 9.73 Å². The molecule has 1 atom stereocenters. The lowest BCUT2D eigenvalue weighted by molar-refractivity contribution is -0.113. The Bertz CT molecular complexity index is 1070. The molecular weight excluding hydrogens is 376 g/mol. The molecule has 0 saturated heterocycles. The summed E-state index contributed by atoms with van der Waals surface area (Å²) in [7, 11) is -3.73. The second-order valence-corrected chi connectivity index (χ2v) is 8.37. The van der Waals surface area contributed by atoms with Gasteiger partial charge in [-0.15, -0.1) is 11.8 Å². The molecule has 0 saturated carbocycles. The van der Waals surface area contributed by atoms with Gasteiger partial charge in [0.25, 0.3) is 0 Å². The number of hydrogen-bond acceptors (Lipinski definition) is 6. The topological polar surface area (TPSA) is 131 Å². The van der Waals surface area contributed by atoms with E-state index in [1.165, 1.54) is 23.9 Å². The number of amides is 1. The van der Waals surface area contributed by atoms with Crippen LogP contribution in [-0.4, -0.2) is 30.3 Å². The first-order chi connectivity index (χ1) is 12.4. The van der Waals surface area contributed by atoms with Crippen LogP contribution in [0.2, 0.25) is 0 Å². The number of thioether (sulfide) groups is 1. The van der Waals surface area contributed by atoms with Gasteiger partial charge in [0.05, 0.1) is 22.1 Å². The third kappa shape index (κ3) is 3.14. The van der Waals surface area contributed by atoms with Crippen LogP contribution in [-0.2, 0) is 14.8 Å². The third-order valence-corrected chi connectivity index (χ3v) is 6.13. The molecule has 4 N–H and O–H groups in total. The molecule has 134 valence electrons. The molecule has 0 spiro atoms. The lowest BCUT2D eigenvalue weighted by Crippen LogP contribution is -2.12. The summed E-state index contributed by atoms with van der Waals surface area (Å²) in [5.74, 6) is 2.04. The molecule has 1 aromatic carbocycles. The Hall–Kier alpha value is -2.56. The predicted molar refractivity (Wildman–Crippen MR) is 97.0 cm³/mol. The van der Waals surface area contributed by atoms with Crippen LogP contribution in [0.4, 0.5) is 5.82 Å². The molecule has 3 heterocycles. The van der Waals surface area contributed by atoms with Gasteiger partial charge in [-0.1, -0.05) is 0 Å². The van der Waals surface area contributed by atoms with Crippen molar-refractivity contribution in [2.75, 3.05) is 11.1 Å². The van der Waals surface area contributed by atoms with Gasteiger partial charge in [0.1, 0.15) is 17.3 Å². The van der Waals surface area contributed by atoms with Crippen LogP contribution in [0.1, 0.15) is 16.6 Å². The first-order valence-corrected chi connectivity index (χ1v) is 10.2. The van der Waals surface area contributed by atoms with Crippen LogP contribution in [0.3, 0.4) is 0 Å². The number of anilines is 1. The molecule has 10 heteroatoms. The molecule has 0 fully saturated rings. The maximum atomic E-state index is 11.8. The summed E-state index contributed by atoms with van der Waals surface area (Å²) in [4.78, 5) is 11.8. The van der Waals surface area contributed by atoms with Crippen LogP contribution < -0.4 is 10.5 Å². The van der Waals surface area contributed by atoms with Crippen molar-refractivity contribution in [2.24, 2.45) is 5.14 Å². The number of nitrogens with zero attached hydrogens (tertiary/aromatic N) is 1. The molecule has 0 aliphatic carbocycles. The maximum Gasteiger partial charge on any atom is 0.238 e. The summed E-state index contributed by atoms with van der Waals surface area (Å²) in [6.45, 7) is 0. The van der Waals surface area contributed by atoms with E-state index < -0.39 is 10.0 Å². The number of carbonyl (C=O) groups excluding carboxylic acids is 1. The number of benzene rings is 1. The Morgan fingerprint density at radius 1 is 1.19 bits per heavy atom. The van der Waals surface area contributed by atoms with Crippen molar-refractivity contribution in [1.29, 1.82) is 0 Å². The van der Waals surface area contributed by atoms with E-state index in [-0.39, 0.29) is 16.1 Å². The number of aromatic nitrogens is 2. The Kier molecular flexibility index (Phi) is 4.10. The van der Waals surface area contributed by atoms with Crippen LogP contribution in [0.25, 0.3) is 11.3 Å². The fraction of sp³-hybridized carbons (Fsp3) is 0.125. The van der Waals surface area contributed by atoms with Gasteiger partial charge in [0.2, 0.25) is 15.9 Å². The van der Waals surface area contributed by atoms with Crippen molar-refractivity contribution < 1.29 is 17.6 Å². The molecule has 4 rings (SSSR count). The Morgan fingerprint density at radius 2 is 1.96 bits per heavy atom. The SMILES string of the molecule is NS(=O)(=O)c1ccc(-c2ccc([C@@H]3SCC(=O)Nc4[nH]ncc43)o2)cc1. The lowest BCUT2D eigenvalue weighted by Gasteiger charge is -2.10. The van der Waals surface area contributed by atoms with E-state index in [1.807, 2.05) is 12.1 Å². The third-order valence-electron chi connectivity index (χ3n) is 3.95. The number of carbonyl (C=O) groups is 1. The number of furan rings is 1. The Morgan fingerprint density at radius 3 is 2.69 bits per heavy atom. The smallest absolute Gasteiger partial charge is 0.238 e. The molecule has 2 aromatic heterocycles. The van der Waals surface area contributed by atoms with Crippen molar-refractivity contribution in [3.8, 4) is 11.3 Å². The second kappa shape index (κ2) is 6.31. The second-order valence-electron chi connectivity index (χ2n) is 5.71. The molecule has 0 unspecified atom stereocenters. The minimum Gasteiger partial charge on any atom is -0.460 e. The molecular formula is C16H14N4O4S2.